The predicted molar refractivity (Wildman–Crippen MR) is 59.9 cm³/mol. The largest absolute Gasteiger partial charge is 0.495 e. The Labute approximate surface area is 90.3 Å². The van der Waals surface area contributed by atoms with Crippen molar-refractivity contribution in [2.45, 2.75) is 11.8 Å². The lowest BCUT2D eigenvalue weighted by Gasteiger charge is -2.07. The maximum Gasteiger partial charge on any atom is 0.185 e. The lowest BCUT2D eigenvalue weighted by molar-refractivity contribution is 0.403. The van der Waals surface area contributed by atoms with E-state index < -0.39 is 9.84 Å². The molecule has 0 atom stereocenters. The van der Waals surface area contributed by atoms with E-state index in [1.54, 1.807) is 43.3 Å². The highest BCUT2D eigenvalue weighted by Crippen LogP contribution is 2.23. The second-order valence-corrected chi connectivity index (χ2v) is 5.00. The molecule has 0 bridgehead atoms. The van der Waals surface area contributed by atoms with Crippen LogP contribution in [0.25, 0.3) is 0 Å². The van der Waals surface area contributed by atoms with E-state index in [-0.39, 0.29) is 10.6 Å². The van der Waals surface area contributed by atoms with E-state index >= 15 is 0 Å². The van der Waals surface area contributed by atoms with Crippen LogP contribution in [0.5, 0.6) is 5.75 Å². The molecule has 82 valence electrons. The molecule has 0 aliphatic carbocycles. The molecule has 0 fully saturated rings. The minimum absolute atomic E-state index is 0.00384. The van der Waals surface area contributed by atoms with Crippen LogP contribution in [-0.4, -0.2) is 21.3 Å². The summed E-state index contributed by atoms with van der Waals surface area (Å²) in [5.41, 5.74) is 0. The van der Waals surface area contributed by atoms with Crippen molar-refractivity contribution in [3.05, 3.63) is 36.4 Å². The van der Waals surface area contributed by atoms with E-state index in [1.165, 1.54) is 7.11 Å². The summed E-state index contributed by atoms with van der Waals surface area (Å²) < 4.78 is 28.7. The lowest BCUT2D eigenvalue weighted by Crippen LogP contribution is -2.06. The van der Waals surface area contributed by atoms with Gasteiger partial charge in [0.15, 0.2) is 9.84 Å². The second kappa shape index (κ2) is 4.98. The summed E-state index contributed by atoms with van der Waals surface area (Å²) >= 11 is 0. The molecule has 0 heterocycles. The highest BCUT2D eigenvalue weighted by molar-refractivity contribution is 7.91. The average Bonchev–Trinajstić information content (AvgIpc) is 2.26. The van der Waals surface area contributed by atoms with E-state index in [4.69, 9.17) is 4.74 Å². The number of rotatable bonds is 4. The molecule has 0 unspecified atom stereocenters. The van der Waals surface area contributed by atoms with Gasteiger partial charge in [0, 0.05) is 0 Å². The summed E-state index contributed by atoms with van der Waals surface area (Å²) in [7, 11) is -1.81. The van der Waals surface area contributed by atoms with Crippen molar-refractivity contribution < 1.29 is 13.2 Å². The average molecular weight is 226 g/mol. The van der Waals surface area contributed by atoms with Crippen LogP contribution in [0.2, 0.25) is 0 Å². The molecular formula is C11H14O3S. The van der Waals surface area contributed by atoms with Gasteiger partial charge in [-0.2, -0.15) is 0 Å². The summed E-state index contributed by atoms with van der Waals surface area (Å²) in [5, 5.41) is 0. The normalized spacial score (nSPS) is 11.9. The Morgan fingerprint density at radius 3 is 2.60 bits per heavy atom. The molecule has 0 amide bonds. The molecule has 1 aromatic carbocycles. The Hall–Kier alpha value is -1.29. The molecule has 0 radical (unpaired) electrons. The van der Waals surface area contributed by atoms with E-state index in [1.807, 2.05) is 0 Å². The monoisotopic (exact) mass is 226 g/mol. The number of allylic oxidation sites excluding steroid dienone is 1. The van der Waals surface area contributed by atoms with Gasteiger partial charge in [-0.1, -0.05) is 24.3 Å². The van der Waals surface area contributed by atoms with Crippen molar-refractivity contribution in [1.82, 2.24) is 0 Å². The Morgan fingerprint density at radius 2 is 2.00 bits per heavy atom. The molecule has 0 spiro atoms. The van der Waals surface area contributed by atoms with Crippen LogP contribution in [0.1, 0.15) is 6.92 Å². The first-order valence-electron chi connectivity index (χ1n) is 4.58. The van der Waals surface area contributed by atoms with Gasteiger partial charge in [0.2, 0.25) is 0 Å². The van der Waals surface area contributed by atoms with Crippen molar-refractivity contribution in [3.63, 3.8) is 0 Å². The van der Waals surface area contributed by atoms with Crippen LogP contribution in [0.15, 0.2) is 41.3 Å². The van der Waals surface area contributed by atoms with Crippen molar-refractivity contribution >= 4 is 9.84 Å². The zero-order chi connectivity index (χ0) is 11.3. The summed E-state index contributed by atoms with van der Waals surface area (Å²) in [5.74, 6) is 0.395. The molecule has 3 nitrogen and oxygen atoms in total. The smallest absolute Gasteiger partial charge is 0.185 e. The lowest BCUT2D eigenvalue weighted by atomic mass is 10.3. The minimum atomic E-state index is -3.28. The van der Waals surface area contributed by atoms with E-state index in [9.17, 15) is 8.42 Å². The first-order chi connectivity index (χ1) is 7.11. The van der Waals surface area contributed by atoms with Crippen LogP contribution < -0.4 is 4.74 Å². The third-order valence-corrected chi connectivity index (χ3v) is 3.59. The zero-order valence-corrected chi connectivity index (χ0v) is 9.62. The Balaban J connectivity index is 3.15. The highest BCUT2D eigenvalue weighted by Gasteiger charge is 2.16. The molecule has 1 rings (SSSR count). The fourth-order valence-corrected chi connectivity index (χ4v) is 2.56. The molecule has 0 saturated carbocycles. The summed E-state index contributed by atoms with van der Waals surface area (Å²) in [6.07, 6.45) is 3.33. The van der Waals surface area contributed by atoms with Gasteiger partial charge < -0.3 is 4.74 Å². The maximum absolute atomic E-state index is 11.8. The second-order valence-electron chi connectivity index (χ2n) is 3.00. The van der Waals surface area contributed by atoms with Gasteiger partial charge >= 0.3 is 0 Å². The third-order valence-electron chi connectivity index (χ3n) is 1.96. The Bertz CT molecular complexity index is 447. The van der Waals surface area contributed by atoms with Gasteiger partial charge in [0.25, 0.3) is 0 Å². The molecule has 0 N–H and O–H groups in total. The van der Waals surface area contributed by atoms with Crippen molar-refractivity contribution in [2.24, 2.45) is 0 Å². The standard InChI is InChI=1S/C11H14O3S/c1-3-4-9-15(12,13)11-8-6-5-7-10(11)14-2/h3-8H,9H2,1-2H3/b4-3+. The zero-order valence-electron chi connectivity index (χ0n) is 8.80. The number of hydrogen-bond donors (Lipinski definition) is 0. The van der Waals surface area contributed by atoms with Gasteiger partial charge in [0.1, 0.15) is 10.6 Å². The number of methoxy groups -OCH3 is 1. The summed E-state index contributed by atoms with van der Waals surface area (Å²) in [6.45, 7) is 1.79. The van der Waals surface area contributed by atoms with Gasteiger partial charge in [-0.25, -0.2) is 8.42 Å². The molecule has 0 aliphatic rings. The predicted octanol–water partition coefficient (Wildman–Crippen LogP) is 2.04. The third kappa shape index (κ3) is 2.83. The van der Waals surface area contributed by atoms with E-state index in [0.29, 0.717) is 5.75 Å². The highest BCUT2D eigenvalue weighted by atomic mass is 32.2. The van der Waals surface area contributed by atoms with Gasteiger partial charge in [0.05, 0.1) is 12.9 Å². The van der Waals surface area contributed by atoms with E-state index in [0.717, 1.165) is 0 Å². The van der Waals surface area contributed by atoms with Crippen LogP contribution >= 0.6 is 0 Å². The number of para-hydroxylation sites is 1. The fourth-order valence-electron chi connectivity index (χ4n) is 1.19. The topological polar surface area (TPSA) is 43.4 Å². The number of hydrogen-bond acceptors (Lipinski definition) is 3. The maximum atomic E-state index is 11.8. The van der Waals surface area contributed by atoms with Crippen molar-refractivity contribution in [2.75, 3.05) is 12.9 Å². The van der Waals surface area contributed by atoms with Crippen molar-refractivity contribution in [1.29, 1.82) is 0 Å². The van der Waals surface area contributed by atoms with Crippen molar-refractivity contribution in [3.8, 4) is 5.75 Å². The van der Waals surface area contributed by atoms with Crippen LogP contribution in [0.3, 0.4) is 0 Å². The summed E-state index contributed by atoms with van der Waals surface area (Å²) in [4.78, 5) is 0.241. The molecule has 0 aromatic heterocycles. The Morgan fingerprint density at radius 1 is 1.33 bits per heavy atom. The van der Waals surface area contributed by atoms with Gasteiger partial charge in [-0.15, -0.1) is 0 Å². The summed E-state index contributed by atoms with van der Waals surface area (Å²) in [6, 6.07) is 6.62. The molecular weight excluding hydrogens is 212 g/mol. The van der Waals surface area contributed by atoms with Crippen LogP contribution in [-0.2, 0) is 9.84 Å². The Kier molecular flexibility index (Phi) is 3.91. The molecule has 1 aromatic rings. The van der Waals surface area contributed by atoms with E-state index in [2.05, 4.69) is 0 Å². The quantitative estimate of drug-likeness (QED) is 0.738. The van der Waals surface area contributed by atoms with Crippen LogP contribution in [0.4, 0.5) is 0 Å². The SMILES string of the molecule is C/C=C/CS(=O)(=O)c1ccccc1OC. The minimum Gasteiger partial charge on any atom is -0.495 e. The number of ether oxygens (including phenoxy) is 1. The molecule has 15 heavy (non-hydrogen) atoms. The number of sulfone groups is 1. The first-order valence-corrected chi connectivity index (χ1v) is 6.24. The van der Waals surface area contributed by atoms with Gasteiger partial charge in [-0.05, 0) is 19.1 Å². The van der Waals surface area contributed by atoms with Gasteiger partial charge in [-0.3, -0.25) is 0 Å². The first kappa shape index (κ1) is 11.8. The molecule has 0 aliphatic heterocycles. The van der Waals surface area contributed by atoms with Crippen LogP contribution in [0, 0.1) is 0 Å². The molecule has 0 saturated heterocycles. The fraction of sp³-hybridized carbons (Fsp3) is 0.273. The number of benzene rings is 1. The molecule has 4 heteroatoms.